The highest BCUT2D eigenvalue weighted by atomic mass is 16.2. The Hall–Kier alpha value is -4.45. The molecule has 4 aromatic carbocycles. The van der Waals surface area contributed by atoms with E-state index in [1.807, 2.05) is 36.4 Å². The van der Waals surface area contributed by atoms with Crippen molar-refractivity contribution in [3.8, 4) is 0 Å². The predicted octanol–water partition coefficient (Wildman–Crippen LogP) is 4.33. The van der Waals surface area contributed by atoms with E-state index in [0.717, 1.165) is 32.7 Å². The Morgan fingerprint density at radius 3 is 1.86 bits per heavy atom. The Morgan fingerprint density at radius 1 is 0.778 bits per heavy atom. The molecule has 6 heteroatoms. The van der Waals surface area contributed by atoms with Crippen molar-refractivity contribution in [1.29, 1.82) is 0 Å². The van der Waals surface area contributed by atoms with E-state index in [9.17, 15) is 9.59 Å². The molecule has 0 bridgehead atoms. The van der Waals surface area contributed by atoms with Crippen molar-refractivity contribution in [3.63, 3.8) is 0 Å². The largest absolute Gasteiger partial charge is 0.368 e. The third-order valence-electron chi connectivity index (χ3n) is 6.69. The van der Waals surface area contributed by atoms with Crippen LogP contribution in [0.2, 0.25) is 0 Å². The van der Waals surface area contributed by atoms with Crippen LogP contribution < -0.4 is 11.1 Å². The number of aromatic nitrogens is 2. The van der Waals surface area contributed by atoms with Crippen LogP contribution in [0.5, 0.6) is 0 Å². The van der Waals surface area contributed by atoms with Crippen LogP contribution in [-0.4, -0.2) is 27.8 Å². The number of nitrogens with two attached hydrogens (primary N) is 1. The maximum Gasteiger partial charge on any atom is 0.240 e. The average molecular weight is 477 g/mol. The number of H-pyrrole nitrogens is 1. The molecule has 0 saturated carbocycles. The van der Waals surface area contributed by atoms with E-state index < -0.39 is 17.9 Å². The summed E-state index contributed by atoms with van der Waals surface area (Å²) in [4.78, 5) is 33.0. The van der Waals surface area contributed by atoms with E-state index in [2.05, 4.69) is 63.8 Å². The van der Waals surface area contributed by atoms with Crippen molar-refractivity contribution in [2.24, 2.45) is 11.7 Å². The molecule has 2 amide bonds. The lowest BCUT2D eigenvalue weighted by molar-refractivity contribution is -0.129. The van der Waals surface area contributed by atoms with E-state index in [1.54, 1.807) is 12.5 Å². The summed E-state index contributed by atoms with van der Waals surface area (Å²) in [5.41, 5.74) is 8.52. The van der Waals surface area contributed by atoms with Gasteiger partial charge in [0.2, 0.25) is 11.8 Å². The van der Waals surface area contributed by atoms with Crippen molar-refractivity contribution in [2.45, 2.75) is 25.3 Å². The molecule has 36 heavy (non-hydrogen) atoms. The summed E-state index contributed by atoms with van der Waals surface area (Å²) in [6.07, 6.45) is 4.54. The topological polar surface area (TPSA) is 101 Å². The van der Waals surface area contributed by atoms with Crippen LogP contribution in [0.15, 0.2) is 97.5 Å². The zero-order valence-electron chi connectivity index (χ0n) is 19.9. The van der Waals surface area contributed by atoms with Gasteiger partial charge in [-0.1, -0.05) is 84.9 Å². The highest BCUT2D eigenvalue weighted by Crippen LogP contribution is 2.26. The number of fused-ring (bicyclic) bond motifs is 2. The average Bonchev–Trinajstić information content (AvgIpc) is 3.41. The van der Waals surface area contributed by atoms with Crippen LogP contribution in [0.3, 0.4) is 0 Å². The standard InChI is InChI=1S/C30H28N4O2/c31-29(35)28(17-25-18-32-19-33-25)34-30(36)24(15-22-11-5-9-20-7-1-3-13-26(20)22)16-23-12-6-10-21-8-2-4-14-27(21)23/h1-14,18-19,24,28H,15-17H2,(H2,31,35)(H,32,33)(H,34,36)/t28-/m0/s1. The summed E-state index contributed by atoms with van der Waals surface area (Å²) in [5, 5.41) is 7.44. The van der Waals surface area contributed by atoms with Gasteiger partial charge in [0, 0.05) is 18.5 Å². The van der Waals surface area contributed by atoms with Crippen LogP contribution in [-0.2, 0) is 28.9 Å². The summed E-state index contributed by atoms with van der Waals surface area (Å²) in [6.45, 7) is 0. The van der Waals surface area contributed by atoms with Crippen molar-refractivity contribution < 1.29 is 9.59 Å². The minimum atomic E-state index is -0.844. The van der Waals surface area contributed by atoms with E-state index in [1.165, 1.54) is 0 Å². The summed E-state index contributed by atoms with van der Waals surface area (Å²) < 4.78 is 0. The van der Waals surface area contributed by atoms with Crippen LogP contribution in [0.25, 0.3) is 21.5 Å². The maximum atomic E-state index is 13.7. The number of aromatic amines is 1. The molecule has 1 heterocycles. The number of benzene rings is 4. The smallest absolute Gasteiger partial charge is 0.240 e. The minimum Gasteiger partial charge on any atom is -0.368 e. The number of carbonyl (C=O) groups is 2. The maximum absolute atomic E-state index is 13.7. The van der Waals surface area contributed by atoms with Gasteiger partial charge in [0.05, 0.1) is 12.0 Å². The summed E-state index contributed by atoms with van der Waals surface area (Å²) >= 11 is 0. The first-order valence-corrected chi connectivity index (χ1v) is 12.1. The van der Waals surface area contributed by atoms with Gasteiger partial charge >= 0.3 is 0 Å². The second-order valence-electron chi connectivity index (χ2n) is 9.11. The van der Waals surface area contributed by atoms with Crippen LogP contribution >= 0.6 is 0 Å². The lowest BCUT2D eigenvalue weighted by Crippen LogP contribution is -2.48. The zero-order valence-corrected chi connectivity index (χ0v) is 19.9. The molecule has 1 atom stereocenters. The van der Waals surface area contributed by atoms with Gasteiger partial charge in [0.25, 0.3) is 0 Å². The molecule has 0 unspecified atom stereocenters. The SMILES string of the molecule is NC(=O)[C@H](Cc1c[nH]cn1)NC(=O)C(Cc1cccc2ccccc12)Cc1cccc2ccccc12. The fourth-order valence-electron chi connectivity index (χ4n) is 4.85. The molecule has 4 N–H and O–H groups in total. The number of carbonyl (C=O) groups excluding carboxylic acids is 2. The van der Waals surface area contributed by atoms with Gasteiger partial charge < -0.3 is 16.0 Å². The van der Waals surface area contributed by atoms with Crippen LogP contribution in [0, 0.1) is 5.92 Å². The van der Waals surface area contributed by atoms with Gasteiger partial charge in [-0.05, 0) is 45.5 Å². The molecule has 0 fully saturated rings. The molecular formula is C30H28N4O2. The highest BCUT2D eigenvalue weighted by molar-refractivity contribution is 5.91. The Morgan fingerprint density at radius 2 is 1.33 bits per heavy atom. The molecule has 0 saturated heterocycles. The summed E-state index contributed by atoms with van der Waals surface area (Å²) in [7, 11) is 0. The second kappa shape index (κ2) is 10.4. The first-order chi connectivity index (χ1) is 17.6. The number of nitrogens with zero attached hydrogens (tertiary/aromatic N) is 1. The zero-order chi connectivity index (χ0) is 24.9. The van der Waals surface area contributed by atoms with Gasteiger partial charge in [0.1, 0.15) is 6.04 Å². The number of primary amides is 1. The lowest BCUT2D eigenvalue weighted by Gasteiger charge is -2.22. The second-order valence-corrected chi connectivity index (χ2v) is 9.11. The molecule has 0 aliphatic rings. The minimum absolute atomic E-state index is 0.199. The fraction of sp³-hybridized carbons (Fsp3) is 0.167. The van der Waals surface area contributed by atoms with Gasteiger partial charge in [-0.3, -0.25) is 9.59 Å². The van der Waals surface area contributed by atoms with Crippen LogP contribution in [0.4, 0.5) is 0 Å². The fourth-order valence-corrected chi connectivity index (χ4v) is 4.85. The first-order valence-electron chi connectivity index (χ1n) is 12.1. The molecule has 180 valence electrons. The van der Waals surface area contributed by atoms with Gasteiger partial charge in [-0.15, -0.1) is 0 Å². The number of nitrogens with one attached hydrogen (secondary N) is 2. The lowest BCUT2D eigenvalue weighted by atomic mass is 9.87. The molecule has 6 nitrogen and oxygen atoms in total. The van der Waals surface area contributed by atoms with Crippen molar-refractivity contribution in [3.05, 3.63) is 114 Å². The third kappa shape index (κ3) is 5.13. The van der Waals surface area contributed by atoms with E-state index in [0.29, 0.717) is 18.5 Å². The molecule has 0 aliphatic heterocycles. The van der Waals surface area contributed by atoms with E-state index >= 15 is 0 Å². The monoisotopic (exact) mass is 476 g/mol. The number of amides is 2. The van der Waals surface area contributed by atoms with Crippen molar-refractivity contribution in [2.75, 3.05) is 0 Å². The Labute approximate surface area is 209 Å². The van der Waals surface area contributed by atoms with Gasteiger partial charge in [0.15, 0.2) is 0 Å². The molecular weight excluding hydrogens is 448 g/mol. The van der Waals surface area contributed by atoms with E-state index in [4.69, 9.17) is 5.73 Å². The normalized spacial score (nSPS) is 12.1. The highest BCUT2D eigenvalue weighted by Gasteiger charge is 2.26. The Kier molecular flexibility index (Phi) is 6.76. The number of hydrogen-bond acceptors (Lipinski definition) is 3. The van der Waals surface area contributed by atoms with Gasteiger partial charge in [-0.25, -0.2) is 4.98 Å². The van der Waals surface area contributed by atoms with Crippen LogP contribution in [0.1, 0.15) is 16.8 Å². The van der Waals surface area contributed by atoms with E-state index in [-0.39, 0.29) is 12.3 Å². The van der Waals surface area contributed by atoms with Crippen molar-refractivity contribution in [1.82, 2.24) is 15.3 Å². The molecule has 5 rings (SSSR count). The number of rotatable bonds is 9. The molecule has 1 aromatic heterocycles. The number of hydrogen-bond donors (Lipinski definition) is 3. The summed E-state index contributed by atoms with van der Waals surface area (Å²) in [6, 6.07) is 27.9. The Balaban J connectivity index is 1.48. The molecule has 0 spiro atoms. The molecule has 0 radical (unpaired) electrons. The molecule has 5 aromatic rings. The predicted molar refractivity (Wildman–Crippen MR) is 142 cm³/mol. The quantitative estimate of drug-likeness (QED) is 0.295. The first kappa shape index (κ1) is 23.3. The van der Waals surface area contributed by atoms with Crippen molar-refractivity contribution >= 4 is 33.4 Å². The number of imidazole rings is 1. The summed E-state index contributed by atoms with van der Waals surface area (Å²) in [5.74, 6) is -1.18. The van der Waals surface area contributed by atoms with Gasteiger partial charge in [-0.2, -0.15) is 0 Å². The third-order valence-corrected chi connectivity index (χ3v) is 6.69. The Bertz CT molecular complexity index is 1420. The molecule has 0 aliphatic carbocycles.